The molecule has 0 saturated carbocycles. The summed E-state index contributed by atoms with van der Waals surface area (Å²) in [6, 6.07) is 3.10. The molecule has 0 fully saturated rings. The van der Waals surface area contributed by atoms with Crippen molar-refractivity contribution in [3.8, 4) is 0 Å². The van der Waals surface area contributed by atoms with Gasteiger partial charge in [0, 0.05) is 38.2 Å². The summed E-state index contributed by atoms with van der Waals surface area (Å²) in [7, 11) is -0.997. The minimum atomic E-state index is -3.82. The second-order valence-electron chi connectivity index (χ2n) is 7.41. The van der Waals surface area contributed by atoms with Crippen LogP contribution in [0.5, 0.6) is 0 Å². The van der Waals surface area contributed by atoms with Crippen LogP contribution in [-0.4, -0.2) is 48.3 Å². The lowest BCUT2D eigenvalue weighted by molar-refractivity contribution is 0.0872. The standard InChI is InChI=1S/C19H24ClFN4O3S/c1-11-14-9-12-5-6-15(29(27,28)24(3)4)17(20)16(12)19(2,26)18(14)25(23-11)10-13(21)7-8-22/h5-7,26H,8-10,22H2,1-4H3/b13-7-. The van der Waals surface area contributed by atoms with Crippen LogP contribution in [-0.2, 0) is 28.6 Å². The van der Waals surface area contributed by atoms with Crippen LogP contribution in [0.15, 0.2) is 28.9 Å². The summed E-state index contributed by atoms with van der Waals surface area (Å²) in [6.45, 7) is 3.16. The molecule has 1 unspecified atom stereocenters. The second kappa shape index (κ2) is 7.48. The number of hydrogen-bond donors (Lipinski definition) is 2. The molecule has 1 atom stereocenters. The Morgan fingerprint density at radius 2 is 2.14 bits per heavy atom. The van der Waals surface area contributed by atoms with Gasteiger partial charge >= 0.3 is 0 Å². The van der Waals surface area contributed by atoms with Crippen LogP contribution in [0.3, 0.4) is 0 Å². The average molecular weight is 443 g/mol. The van der Waals surface area contributed by atoms with Gasteiger partial charge in [-0.15, -0.1) is 0 Å². The van der Waals surface area contributed by atoms with E-state index in [4.69, 9.17) is 17.3 Å². The zero-order valence-electron chi connectivity index (χ0n) is 16.7. The topological polar surface area (TPSA) is 101 Å². The summed E-state index contributed by atoms with van der Waals surface area (Å²) >= 11 is 6.52. The first-order valence-electron chi connectivity index (χ1n) is 9.01. The minimum absolute atomic E-state index is 0.0461. The number of rotatable bonds is 5. The predicted molar refractivity (Wildman–Crippen MR) is 109 cm³/mol. The highest BCUT2D eigenvalue weighted by Gasteiger charge is 2.42. The summed E-state index contributed by atoms with van der Waals surface area (Å²) in [5.41, 5.74) is 6.52. The molecule has 1 heterocycles. The van der Waals surface area contributed by atoms with Gasteiger partial charge in [-0.25, -0.2) is 17.1 Å². The second-order valence-corrected chi connectivity index (χ2v) is 9.90. The normalized spacial score (nSPS) is 19.4. The van der Waals surface area contributed by atoms with Gasteiger partial charge in [-0.2, -0.15) is 5.10 Å². The molecule has 0 amide bonds. The average Bonchev–Trinajstić information content (AvgIpc) is 2.90. The quantitative estimate of drug-likeness (QED) is 0.738. The van der Waals surface area contributed by atoms with Crippen molar-refractivity contribution in [1.82, 2.24) is 14.1 Å². The summed E-state index contributed by atoms with van der Waals surface area (Å²) in [6.07, 6.45) is 1.64. The third-order valence-corrected chi connectivity index (χ3v) is 7.52. The van der Waals surface area contributed by atoms with E-state index in [0.29, 0.717) is 28.9 Å². The molecule has 0 bridgehead atoms. The number of nitrogens with zero attached hydrogens (tertiary/aromatic N) is 3. The van der Waals surface area contributed by atoms with Gasteiger partial charge in [-0.3, -0.25) is 4.68 Å². The first-order chi connectivity index (χ1) is 13.4. The molecule has 158 valence electrons. The van der Waals surface area contributed by atoms with E-state index < -0.39 is 21.5 Å². The van der Waals surface area contributed by atoms with Crippen LogP contribution in [0.2, 0.25) is 5.02 Å². The molecule has 2 aromatic rings. The van der Waals surface area contributed by atoms with Gasteiger partial charge in [0.2, 0.25) is 10.0 Å². The van der Waals surface area contributed by atoms with Crippen molar-refractivity contribution in [3.63, 3.8) is 0 Å². The third kappa shape index (κ3) is 3.51. The van der Waals surface area contributed by atoms with Crippen molar-refractivity contribution >= 4 is 21.6 Å². The van der Waals surface area contributed by atoms with Crippen LogP contribution < -0.4 is 5.73 Å². The van der Waals surface area contributed by atoms with E-state index >= 15 is 0 Å². The molecule has 1 aliphatic carbocycles. The number of fused-ring (bicyclic) bond motifs is 2. The van der Waals surface area contributed by atoms with E-state index in [9.17, 15) is 17.9 Å². The van der Waals surface area contributed by atoms with Gasteiger partial charge in [0.05, 0.1) is 23.0 Å². The number of halogens is 2. The van der Waals surface area contributed by atoms with Crippen molar-refractivity contribution in [2.45, 2.75) is 37.3 Å². The number of benzene rings is 1. The lowest BCUT2D eigenvalue weighted by Crippen LogP contribution is -2.34. The Labute approximate surface area is 174 Å². The Morgan fingerprint density at radius 1 is 1.48 bits per heavy atom. The Balaban J connectivity index is 2.23. The zero-order valence-corrected chi connectivity index (χ0v) is 18.3. The largest absolute Gasteiger partial charge is 0.379 e. The Kier molecular flexibility index (Phi) is 5.65. The van der Waals surface area contributed by atoms with E-state index in [0.717, 1.165) is 9.87 Å². The molecule has 0 spiro atoms. The number of aliphatic hydroxyl groups is 1. The lowest BCUT2D eigenvalue weighted by Gasteiger charge is -2.34. The fourth-order valence-electron chi connectivity index (χ4n) is 3.80. The maximum Gasteiger partial charge on any atom is 0.244 e. The van der Waals surface area contributed by atoms with Crippen molar-refractivity contribution in [2.75, 3.05) is 20.6 Å². The maximum atomic E-state index is 14.1. The predicted octanol–water partition coefficient (Wildman–Crippen LogP) is 2.07. The van der Waals surface area contributed by atoms with E-state index in [1.807, 2.05) is 0 Å². The molecule has 1 aromatic carbocycles. The summed E-state index contributed by atoms with van der Waals surface area (Å²) < 4.78 is 41.9. The third-order valence-electron chi connectivity index (χ3n) is 5.16. The first-order valence-corrected chi connectivity index (χ1v) is 10.8. The van der Waals surface area contributed by atoms with E-state index in [1.165, 1.54) is 37.8 Å². The smallest absolute Gasteiger partial charge is 0.244 e. The molecule has 0 aliphatic heterocycles. The molecule has 7 nitrogen and oxygen atoms in total. The number of aryl methyl sites for hydroxylation is 1. The van der Waals surface area contributed by atoms with Crippen molar-refractivity contribution in [1.29, 1.82) is 0 Å². The van der Waals surface area contributed by atoms with Crippen LogP contribution in [0.4, 0.5) is 4.39 Å². The highest BCUT2D eigenvalue weighted by molar-refractivity contribution is 7.89. The van der Waals surface area contributed by atoms with Crippen molar-refractivity contribution in [3.05, 3.63) is 57.1 Å². The van der Waals surface area contributed by atoms with Crippen LogP contribution in [0.1, 0.15) is 35.0 Å². The fraction of sp³-hybridized carbons (Fsp3) is 0.421. The Hall–Kier alpha value is -1.78. The van der Waals surface area contributed by atoms with Gasteiger partial charge in [0.15, 0.2) is 0 Å². The molecule has 1 aliphatic rings. The van der Waals surface area contributed by atoms with Gasteiger partial charge in [-0.1, -0.05) is 17.7 Å². The summed E-state index contributed by atoms with van der Waals surface area (Å²) in [4.78, 5) is -0.0939. The molecule has 10 heteroatoms. The monoisotopic (exact) mass is 442 g/mol. The first kappa shape index (κ1) is 21.9. The van der Waals surface area contributed by atoms with Gasteiger partial charge < -0.3 is 10.8 Å². The van der Waals surface area contributed by atoms with Gasteiger partial charge in [0.1, 0.15) is 16.3 Å². The Bertz CT molecular complexity index is 1110. The molecular weight excluding hydrogens is 419 g/mol. The highest BCUT2D eigenvalue weighted by Crippen LogP contribution is 2.46. The van der Waals surface area contributed by atoms with E-state index in [-0.39, 0.29) is 23.0 Å². The van der Waals surface area contributed by atoms with Crippen LogP contribution >= 0.6 is 11.6 Å². The fourth-order valence-corrected chi connectivity index (χ4v) is 5.42. The van der Waals surface area contributed by atoms with Crippen LogP contribution in [0.25, 0.3) is 0 Å². The Morgan fingerprint density at radius 3 is 2.72 bits per heavy atom. The summed E-state index contributed by atoms with van der Waals surface area (Å²) in [5, 5.41) is 15.8. The number of sulfonamides is 1. The van der Waals surface area contributed by atoms with Gasteiger partial charge in [0.25, 0.3) is 0 Å². The van der Waals surface area contributed by atoms with E-state index in [1.54, 1.807) is 13.0 Å². The SMILES string of the molecule is Cc1nn(C/C(F)=C/CN)c2c1Cc1ccc(S(=O)(=O)N(C)C)c(Cl)c1C2(C)O. The summed E-state index contributed by atoms with van der Waals surface area (Å²) in [5.74, 6) is -0.477. The minimum Gasteiger partial charge on any atom is -0.379 e. The molecule has 3 rings (SSSR count). The molecule has 1 aromatic heterocycles. The number of allylic oxidation sites excluding steroid dienone is 1. The van der Waals surface area contributed by atoms with Crippen LogP contribution in [0, 0.1) is 6.92 Å². The van der Waals surface area contributed by atoms with Crippen molar-refractivity contribution < 1.29 is 17.9 Å². The van der Waals surface area contributed by atoms with Crippen molar-refractivity contribution in [2.24, 2.45) is 5.73 Å². The zero-order chi connectivity index (χ0) is 21.7. The highest BCUT2D eigenvalue weighted by atomic mass is 35.5. The maximum absolute atomic E-state index is 14.1. The molecular formula is C19H24ClFN4O3S. The molecule has 0 saturated heterocycles. The van der Waals surface area contributed by atoms with E-state index in [2.05, 4.69) is 5.10 Å². The molecule has 29 heavy (non-hydrogen) atoms. The number of nitrogens with two attached hydrogens (primary N) is 1. The number of hydrogen-bond acceptors (Lipinski definition) is 5. The number of aromatic nitrogens is 2. The molecule has 0 radical (unpaired) electrons. The lowest BCUT2D eigenvalue weighted by atomic mass is 9.78. The van der Waals surface area contributed by atoms with Gasteiger partial charge in [-0.05, 0) is 31.6 Å². The molecule has 3 N–H and O–H groups in total.